The van der Waals surface area contributed by atoms with Crippen LogP contribution in [-0.2, 0) is 12.7 Å². The molecule has 1 aliphatic carbocycles. The molecule has 70 valence electrons. The highest BCUT2D eigenvalue weighted by atomic mass is 127. The van der Waals surface area contributed by atoms with Gasteiger partial charge in [-0.2, -0.15) is 0 Å². The summed E-state index contributed by atoms with van der Waals surface area (Å²) >= 11 is 1.51. The lowest BCUT2D eigenvalue weighted by Crippen LogP contribution is -2.09. The number of halogens is 1. The van der Waals surface area contributed by atoms with Crippen molar-refractivity contribution in [2.24, 2.45) is 0 Å². The number of hydrogen-bond donors (Lipinski definition) is 1. The van der Waals surface area contributed by atoms with Gasteiger partial charge in [-0.05, 0) is 12.8 Å². The molecule has 0 saturated heterocycles. The second-order valence-electron chi connectivity index (χ2n) is 2.55. The number of rotatable bonds is 2. The molecule has 0 aromatic carbocycles. The average Bonchev–Trinajstić information content (AvgIpc) is 2.17. The molecule has 0 aromatic heterocycles. The molecule has 0 bridgehead atoms. The van der Waals surface area contributed by atoms with Crippen LogP contribution in [0.1, 0.15) is 12.8 Å². The Morgan fingerprint density at radius 1 is 1.31 bits per heavy atom. The van der Waals surface area contributed by atoms with Crippen LogP contribution in [0.4, 0.5) is 0 Å². The van der Waals surface area contributed by atoms with Gasteiger partial charge in [0.05, 0.1) is 0 Å². The second-order valence-corrected chi connectivity index (χ2v) is 2.99. The zero-order chi connectivity index (χ0) is 9.84. The molecule has 0 saturated carbocycles. The van der Waals surface area contributed by atoms with Crippen LogP contribution in [-0.4, -0.2) is 17.0 Å². The van der Waals surface area contributed by atoms with Crippen molar-refractivity contribution in [1.29, 1.82) is 0 Å². The van der Waals surface area contributed by atoms with Crippen molar-refractivity contribution in [2.75, 3.05) is 0 Å². The maximum absolute atomic E-state index is 11.0. The quantitative estimate of drug-likeness (QED) is 0.786. The summed E-state index contributed by atoms with van der Waals surface area (Å²) in [6.07, 6.45) is 3.75. The highest BCUT2D eigenvalue weighted by Crippen LogP contribution is 2.19. The SMILES string of the molecule is O=C(O)C1=CC=C(C(=O)OI)CC1. The predicted molar refractivity (Wildman–Crippen MR) is 53.1 cm³/mol. The van der Waals surface area contributed by atoms with E-state index in [-0.39, 0.29) is 0 Å². The third kappa shape index (κ3) is 2.55. The summed E-state index contributed by atoms with van der Waals surface area (Å²) < 4.78 is 4.47. The first-order valence-corrected chi connectivity index (χ1v) is 4.49. The fourth-order valence-corrected chi connectivity index (χ4v) is 1.32. The molecule has 0 atom stereocenters. The normalized spacial score (nSPS) is 15.8. The minimum atomic E-state index is -0.932. The van der Waals surface area contributed by atoms with E-state index in [2.05, 4.69) is 3.07 Å². The summed E-state index contributed by atoms with van der Waals surface area (Å²) in [5, 5.41) is 8.61. The van der Waals surface area contributed by atoms with Crippen molar-refractivity contribution >= 4 is 34.9 Å². The van der Waals surface area contributed by atoms with E-state index >= 15 is 0 Å². The minimum absolute atomic E-state index is 0.324. The van der Waals surface area contributed by atoms with Gasteiger partial charge in [0, 0.05) is 11.1 Å². The summed E-state index contributed by atoms with van der Waals surface area (Å²) in [5.41, 5.74) is 0.837. The number of carboxylic acids is 1. The third-order valence-electron chi connectivity index (χ3n) is 1.76. The van der Waals surface area contributed by atoms with E-state index in [9.17, 15) is 9.59 Å². The first kappa shape index (κ1) is 10.2. The first-order chi connectivity index (χ1) is 6.15. The smallest absolute Gasteiger partial charge is 0.343 e. The molecule has 13 heavy (non-hydrogen) atoms. The summed E-state index contributed by atoms with van der Waals surface area (Å²) in [4.78, 5) is 21.5. The van der Waals surface area contributed by atoms with E-state index in [1.807, 2.05) is 0 Å². The van der Waals surface area contributed by atoms with E-state index in [0.717, 1.165) is 0 Å². The van der Waals surface area contributed by atoms with Gasteiger partial charge in [-0.1, -0.05) is 12.2 Å². The third-order valence-corrected chi connectivity index (χ3v) is 2.16. The highest BCUT2D eigenvalue weighted by molar-refractivity contribution is 14.1. The Kier molecular flexibility index (Phi) is 3.47. The lowest BCUT2D eigenvalue weighted by Gasteiger charge is -2.08. The maximum Gasteiger partial charge on any atom is 0.343 e. The fraction of sp³-hybridized carbons (Fsp3) is 0.250. The van der Waals surface area contributed by atoms with Crippen molar-refractivity contribution in [3.05, 3.63) is 23.3 Å². The standard InChI is InChI=1S/C8H7IO4/c9-13-8(12)6-3-1-5(2-4-6)7(10)11/h1,3H,2,4H2,(H,10,11). The van der Waals surface area contributed by atoms with Crippen LogP contribution in [0.2, 0.25) is 0 Å². The monoisotopic (exact) mass is 294 g/mol. The largest absolute Gasteiger partial charge is 0.478 e. The van der Waals surface area contributed by atoms with Gasteiger partial charge in [0.15, 0.2) is 23.0 Å². The topological polar surface area (TPSA) is 63.6 Å². The summed E-state index contributed by atoms with van der Waals surface area (Å²) in [6, 6.07) is 0. The molecular weight excluding hydrogens is 287 g/mol. The summed E-state index contributed by atoms with van der Waals surface area (Å²) in [6.45, 7) is 0. The van der Waals surface area contributed by atoms with E-state index in [1.165, 1.54) is 35.2 Å². The molecule has 4 nitrogen and oxygen atoms in total. The predicted octanol–water partition coefficient (Wildman–Crippen LogP) is 1.61. The van der Waals surface area contributed by atoms with E-state index in [4.69, 9.17) is 5.11 Å². The second kappa shape index (κ2) is 4.40. The molecule has 0 unspecified atom stereocenters. The van der Waals surface area contributed by atoms with Gasteiger partial charge in [-0.3, -0.25) is 0 Å². The molecule has 0 aliphatic heterocycles. The summed E-state index contributed by atoms with van der Waals surface area (Å²) in [7, 11) is 0. The fourth-order valence-electron chi connectivity index (χ4n) is 1.04. The van der Waals surface area contributed by atoms with E-state index < -0.39 is 11.9 Å². The van der Waals surface area contributed by atoms with Crippen molar-refractivity contribution in [2.45, 2.75) is 12.8 Å². The Labute approximate surface area is 89.0 Å². The van der Waals surface area contributed by atoms with Crippen molar-refractivity contribution in [3.63, 3.8) is 0 Å². The van der Waals surface area contributed by atoms with Crippen molar-refractivity contribution in [1.82, 2.24) is 0 Å². The molecule has 0 fully saturated rings. The van der Waals surface area contributed by atoms with Gasteiger partial charge in [0.25, 0.3) is 0 Å². The van der Waals surface area contributed by atoms with Gasteiger partial charge >= 0.3 is 11.9 Å². The Hall–Kier alpha value is -0.850. The number of carboxylic acid groups (broad SMARTS) is 1. The Morgan fingerprint density at radius 2 is 1.85 bits per heavy atom. The Bertz CT molecular complexity index is 303. The maximum atomic E-state index is 11.0. The number of hydrogen-bond acceptors (Lipinski definition) is 3. The number of carbonyl (C=O) groups is 2. The number of aliphatic carboxylic acids is 1. The van der Waals surface area contributed by atoms with Crippen LogP contribution in [0.25, 0.3) is 0 Å². The van der Waals surface area contributed by atoms with Crippen LogP contribution in [0.5, 0.6) is 0 Å². The Morgan fingerprint density at radius 3 is 2.23 bits per heavy atom. The van der Waals surface area contributed by atoms with Crippen LogP contribution in [0.3, 0.4) is 0 Å². The molecule has 0 amide bonds. The zero-order valence-corrected chi connectivity index (χ0v) is 8.78. The number of allylic oxidation sites excluding steroid dienone is 2. The lowest BCUT2D eigenvalue weighted by molar-refractivity contribution is -0.133. The van der Waals surface area contributed by atoms with Crippen LogP contribution >= 0.6 is 23.0 Å². The first-order valence-electron chi connectivity index (χ1n) is 3.61. The van der Waals surface area contributed by atoms with E-state index in [0.29, 0.717) is 24.0 Å². The molecule has 1 aliphatic rings. The molecule has 1 N–H and O–H groups in total. The average molecular weight is 294 g/mol. The van der Waals surface area contributed by atoms with Crippen molar-refractivity contribution in [3.8, 4) is 0 Å². The van der Waals surface area contributed by atoms with Crippen LogP contribution in [0.15, 0.2) is 23.3 Å². The Balaban J connectivity index is 2.76. The minimum Gasteiger partial charge on any atom is -0.478 e. The number of carbonyl (C=O) groups excluding carboxylic acids is 1. The molecular formula is C8H7IO4. The molecule has 0 aromatic rings. The van der Waals surface area contributed by atoms with E-state index in [1.54, 1.807) is 0 Å². The molecule has 0 radical (unpaired) electrons. The summed E-state index contributed by atoms with van der Waals surface area (Å²) in [5.74, 6) is -1.33. The van der Waals surface area contributed by atoms with Gasteiger partial charge in [0.2, 0.25) is 0 Å². The molecule has 0 spiro atoms. The van der Waals surface area contributed by atoms with Crippen LogP contribution in [0, 0.1) is 0 Å². The van der Waals surface area contributed by atoms with Crippen LogP contribution < -0.4 is 0 Å². The zero-order valence-electron chi connectivity index (χ0n) is 6.62. The van der Waals surface area contributed by atoms with Gasteiger partial charge in [-0.25, -0.2) is 9.59 Å². The molecule has 0 heterocycles. The molecule has 5 heteroatoms. The van der Waals surface area contributed by atoms with Gasteiger partial charge in [0.1, 0.15) is 0 Å². The highest BCUT2D eigenvalue weighted by Gasteiger charge is 2.16. The van der Waals surface area contributed by atoms with Gasteiger partial charge < -0.3 is 8.17 Å². The van der Waals surface area contributed by atoms with Crippen molar-refractivity contribution < 1.29 is 17.8 Å². The molecule has 1 rings (SSSR count). The lowest BCUT2D eigenvalue weighted by atomic mass is 9.99. The van der Waals surface area contributed by atoms with Gasteiger partial charge in [-0.15, -0.1) is 0 Å².